The Morgan fingerprint density at radius 2 is 1.43 bits per heavy atom. The monoisotopic (exact) mass is 627 g/mol. The highest BCUT2D eigenvalue weighted by Gasteiger charge is 2.52. The first-order chi connectivity index (χ1) is 20.7. The fraction of sp³-hybridized carbons (Fsp3) is 0.417. The molecule has 232 valence electrons. The topological polar surface area (TPSA) is 73.2 Å². The summed E-state index contributed by atoms with van der Waals surface area (Å²) in [6.07, 6.45) is 3.10. The molecule has 1 aromatic heterocycles. The summed E-state index contributed by atoms with van der Waals surface area (Å²) < 4.78 is 33.9. The fourth-order valence-electron chi connectivity index (χ4n) is 7.11. The number of anilines is 2. The Morgan fingerprint density at radius 3 is 2.02 bits per heavy atom. The Bertz CT molecular complexity index is 1700. The lowest BCUT2D eigenvalue weighted by molar-refractivity contribution is 0.193. The standard InChI is InChI=1S/C36H45N3O3SSi/c1-35(2,3)39-34(37-29-19-17-27-24-43(40,41)25-28(27)21-29)23-33(38-39)26-18-20-30(22-26)42-44(36(4,5)6,31-13-9-7-10-14-31)32-15-11-8-12-16-32/h7-17,19,21,23,26,30,37H,18,20,22,24-25H2,1-6H3/t26-,30+/m0/s1. The third-order valence-corrected chi connectivity index (χ3v) is 15.7. The van der Waals surface area contributed by atoms with Crippen molar-refractivity contribution in [2.24, 2.45) is 0 Å². The molecule has 0 saturated heterocycles. The second-order valence-electron chi connectivity index (χ2n) is 14.6. The van der Waals surface area contributed by atoms with Crippen LogP contribution in [0, 0.1) is 0 Å². The van der Waals surface area contributed by atoms with Crippen LogP contribution < -0.4 is 15.7 Å². The van der Waals surface area contributed by atoms with E-state index in [0.29, 0.717) is 5.92 Å². The maximum absolute atomic E-state index is 12.2. The molecule has 0 spiro atoms. The lowest BCUT2D eigenvalue weighted by Crippen LogP contribution is -2.67. The van der Waals surface area contributed by atoms with Gasteiger partial charge in [-0.3, -0.25) is 0 Å². The first-order valence-corrected chi connectivity index (χ1v) is 19.5. The molecule has 0 unspecified atom stereocenters. The van der Waals surface area contributed by atoms with Crippen LogP contribution in [0.3, 0.4) is 0 Å². The number of aromatic nitrogens is 2. The Balaban J connectivity index is 1.28. The van der Waals surface area contributed by atoms with Gasteiger partial charge in [-0.25, -0.2) is 13.1 Å². The van der Waals surface area contributed by atoms with E-state index in [0.717, 1.165) is 47.6 Å². The Morgan fingerprint density at radius 1 is 0.818 bits per heavy atom. The minimum atomic E-state index is -3.05. The molecule has 2 heterocycles. The van der Waals surface area contributed by atoms with Crippen molar-refractivity contribution >= 4 is 40.0 Å². The Kier molecular flexibility index (Phi) is 7.91. The molecular formula is C36H45N3O3SSi. The molecule has 0 amide bonds. The largest absolute Gasteiger partial charge is 0.404 e. The maximum atomic E-state index is 12.2. The van der Waals surface area contributed by atoms with Crippen LogP contribution in [0.2, 0.25) is 5.04 Å². The molecule has 1 saturated carbocycles. The van der Waals surface area contributed by atoms with Gasteiger partial charge in [-0.15, -0.1) is 0 Å². The number of benzene rings is 3. The zero-order valence-electron chi connectivity index (χ0n) is 26.8. The van der Waals surface area contributed by atoms with Gasteiger partial charge in [0.25, 0.3) is 8.32 Å². The maximum Gasteiger partial charge on any atom is 0.261 e. The van der Waals surface area contributed by atoms with Crippen molar-refractivity contribution in [3.63, 3.8) is 0 Å². The van der Waals surface area contributed by atoms with Crippen molar-refractivity contribution in [3.8, 4) is 0 Å². The number of hydrogen-bond donors (Lipinski definition) is 1. The quantitative estimate of drug-likeness (QED) is 0.223. The number of sulfone groups is 1. The van der Waals surface area contributed by atoms with Gasteiger partial charge in [0.1, 0.15) is 5.82 Å². The summed E-state index contributed by atoms with van der Waals surface area (Å²) in [5.74, 6) is 1.46. The van der Waals surface area contributed by atoms with Crippen molar-refractivity contribution in [2.75, 3.05) is 5.32 Å². The first kappa shape index (κ1) is 30.8. The molecule has 1 N–H and O–H groups in total. The van der Waals surface area contributed by atoms with Gasteiger partial charge < -0.3 is 9.74 Å². The van der Waals surface area contributed by atoms with Gasteiger partial charge in [0.2, 0.25) is 0 Å². The highest BCUT2D eigenvalue weighted by atomic mass is 32.2. The normalized spacial score (nSPS) is 20.0. The van der Waals surface area contributed by atoms with Gasteiger partial charge in [0.05, 0.1) is 22.7 Å². The number of rotatable bonds is 7. The molecular weight excluding hydrogens is 583 g/mol. The van der Waals surface area contributed by atoms with Crippen molar-refractivity contribution in [1.29, 1.82) is 0 Å². The molecule has 2 aliphatic rings. The molecule has 4 aromatic rings. The summed E-state index contributed by atoms with van der Waals surface area (Å²) in [5, 5.41) is 11.3. The van der Waals surface area contributed by atoms with Crippen molar-refractivity contribution in [1.82, 2.24) is 9.78 Å². The predicted octanol–water partition coefficient (Wildman–Crippen LogP) is 7.02. The molecule has 44 heavy (non-hydrogen) atoms. The number of hydrogen-bond acceptors (Lipinski definition) is 5. The molecule has 3 aromatic carbocycles. The van der Waals surface area contributed by atoms with E-state index in [2.05, 4.69) is 118 Å². The van der Waals surface area contributed by atoms with E-state index >= 15 is 0 Å². The lowest BCUT2D eigenvalue weighted by Gasteiger charge is -2.44. The average Bonchev–Trinajstić information content (AvgIpc) is 3.67. The van der Waals surface area contributed by atoms with E-state index in [4.69, 9.17) is 9.52 Å². The Hall–Kier alpha value is -3.20. The molecule has 8 heteroatoms. The second kappa shape index (κ2) is 11.3. The molecule has 1 aliphatic heterocycles. The number of nitrogens with one attached hydrogen (secondary N) is 1. The zero-order valence-corrected chi connectivity index (χ0v) is 28.6. The zero-order chi connectivity index (χ0) is 31.3. The minimum absolute atomic E-state index is 0.0616. The van der Waals surface area contributed by atoms with Gasteiger partial charge in [-0.05, 0) is 78.7 Å². The van der Waals surface area contributed by atoms with Crippen LogP contribution in [-0.2, 0) is 31.3 Å². The van der Waals surface area contributed by atoms with Crippen molar-refractivity contribution in [3.05, 3.63) is 102 Å². The third-order valence-electron chi connectivity index (χ3n) is 9.16. The number of fused-ring (bicyclic) bond motifs is 1. The van der Waals surface area contributed by atoms with Gasteiger partial charge >= 0.3 is 0 Å². The molecule has 0 bridgehead atoms. The van der Waals surface area contributed by atoms with E-state index in [1.54, 1.807) is 0 Å². The second-order valence-corrected chi connectivity index (χ2v) is 20.9. The summed E-state index contributed by atoms with van der Waals surface area (Å²) in [6, 6.07) is 29.8. The van der Waals surface area contributed by atoms with Gasteiger partial charge in [0, 0.05) is 23.8 Å². The van der Waals surface area contributed by atoms with Crippen LogP contribution >= 0.6 is 0 Å². The van der Waals surface area contributed by atoms with E-state index < -0.39 is 18.2 Å². The van der Waals surface area contributed by atoms with E-state index in [1.807, 2.05) is 18.2 Å². The number of nitrogens with zero attached hydrogens (tertiary/aromatic N) is 2. The Labute approximate surface area is 263 Å². The van der Waals surface area contributed by atoms with E-state index in [9.17, 15) is 8.42 Å². The van der Waals surface area contributed by atoms with Crippen LogP contribution in [0.15, 0.2) is 84.9 Å². The van der Waals surface area contributed by atoms with E-state index in [-0.39, 0.29) is 28.2 Å². The molecule has 0 radical (unpaired) electrons. The molecule has 1 fully saturated rings. The summed E-state index contributed by atoms with van der Waals surface area (Å²) in [6.45, 7) is 13.5. The van der Waals surface area contributed by atoms with Crippen molar-refractivity contribution in [2.45, 2.75) is 94.9 Å². The smallest absolute Gasteiger partial charge is 0.261 e. The van der Waals surface area contributed by atoms with Crippen molar-refractivity contribution < 1.29 is 12.8 Å². The minimum Gasteiger partial charge on any atom is -0.404 e. The summed E-state index contributed by atoms with van der Waals surface area (Å²) in [4.78, 5) is 0. The predicted molar refractivity (Wildman–Crippen MR) is 182 cm³/mol. The highest BCUT2D eigenvalue weighted by molar-refractivity contribution is 7.90. The van der Waals surface area contributed by atoms with Crippen LogP contribution in [0.5, 0.6) is 0 Å². The highest BCUT2D eigenvalue weighted by Crippen LogP contribution is 2.43. The van der Waals surface area contributed by atoms with Crippen LogP contribution in [-0.4, -0.2) is 32.6 Å². The van der Waals surface area contributed by atoms with Crippen LogP contribution in [0.1, 0.15) is 83.5 Å². The SMILES string of the molecule is CC(C)(C)n1nc([C@H]2CC[C@@H](O[Si](c3ccccc3)(c3ccccc3)C(C)(C)C)C2)cc1Nc1ccc2c(c1)CS(=O)(=O)C2. The molecule has 1 aliphatic carbocycles. The lowest BCUT2D eigenvalue weighted by atomic mass is 10.0. The summed E-state index contributed by atoms with van der Waals surface area (Å²) in [5.41, 5.74) is 3.52. The first-order valence-electron chi connectivity index (χ1n) is 15.7. The fourth-order valence-corrected chi connectivity index (χ4v) is 13.4. The summed E-state index contributed by atoms with van der Waals surface area (Å²) in [7, 11) is -5.68. The average molecular weight is 628 g/mol. The van der Waals surface area contributed by atoms with Gasteiger partial charge in [-0.2, -0.15) is 5.10 Å². The molecule has 6 nitrogen and oxygen atoms in total. The van der Waals surface area contributed by atoms with Crippen LogP contribution in [0.25, 0.3) is 0 Å². The van der Waals surface area contributed by atoms with Gasteiger partial charge in [0.15, 0.2) is 9.84 Å². The molecule has 6 rings (SSSR count). The molecule has 2 atom stereocenters. The summed E-state index contributed by atoms with van der Waals surface area (Å²) >= 11 is 0. The van der Waals surface area contributed by atoms with Gasteiger partial charge in [-0.1, -0.05) is 87.5 Å². The third kappa shape index (κ3) is 5.92. The van der Waals surface area contributed by atoms with E-state index in [1.165, 1.54) is 10.4 Å². The van der Waals surface area contributed by atoms with Crippen LogP contribution in [0.4, 0.5) is 11.5 Å².